The van der Waals surface area contributed by atoms with Crippen LogP contribution >= 0.6 is 0 Å². The molecule has 0 spiro atoms. The average molecular weight is 287 g/mol. The zero-order chi connectivity index (χ0) is 14.8. The van der Waals surface area contributed by atoms with E-state index in [-0.39, 0.29) is 11.8 Å². The molecule has 1 aromatic rings. The van der Waals surface area contributed by atoms with Gasteiger partial charge >= 0.3 is 0 Å². The second-order valence-corrected chi connectivity index (χ2v) is 6.13. The molecule has 2 fully saturated rings. The van der Waals surface area contributed by atoms with Gasteiger partial charge in [-0.05, 0) is 44.0 Å². The van der Waals surface area contributed by atoms with Crippen molar-refractivity contribution >= 4 is 11.6 Å². The van der Waals surface area contributed by atoms with Crippen molar-refractivity contribution in [2.75, 3.05) is 24.5 Å². The molecule has 3 unspecified atom stereocenters. The summed E-state index contributed by atoms with van der Waals surface area (Å²) in [4.78, 5) is 14.3. The Bertz CT molecular complexity index is 499. The van der Waals surface area contributed by atoms with Crippen LogP contribution in [-0.2, 0) is 4.79 Å². The van der Waals surface area contributed by atoms with Crippen LogP contribution in [-0.4, -0.2) is 31.6 Å². The molecule has 0 bridgehead atoms. The van der Waals surface area contributed by atoms with E-state index >= 15 is 0 Å². The Morgan fingerprint density at radius 1 is 1.38 bits per heavy atom. The highest BCUT2D eigenvalue weighted by molar-refractivity contribution is 5.83. The van der Waals surface area contributed by atoms with Crippen molar-refractivity contribution in [2.24, 2.45) is 5.92 Å². The fourth-order valence-corrected chi connectivity index (χ4v) is 3.65. The third-order valence-electron chi connectivity index (χ3n) is 4.84. The Kier molecular flexibility index (Phi) is 4.15. The highest BCUT2D eigenvalue weighted by Crippen LogP contribution is 2.32. The van der Waals surface area contributed by atoms with E-state index in [4.69, 9.17) is 0 Å². The van der Waals surface area contributed by atoms with Gasteiger partial charge in [-0.25, -0.2) is 0 Å². The van der Waals surface area contributed by atoms with E-state index < -0.39 is 0 Å². The highest BCUT2D eigenvalue weighted by atomic mass is 16.2. The lowest BCUT2D eigenvalue weighted by atomic mass is 9.91. The molecule has 0 aliphatic carbocycles. The molecule has 1 amide bonds. The maximum absolute atomic E-state index is 11.9. The van der Waals surface area contributed by atoms with Crippen LogP contribution in [0.3, 0.4) is 0 Å². The van der Waals surface area contributed by atoms with Gasteiger partial charge in [0.25, 0.3) is 0 Å². The molecule has 1 aromatic carbocycles. The predicted octanol–water partition coefficient (Wildman–Crippen LogP) is 2.07. The third-order valence-corrected chi connectivity index (χ3v) is 4.84. The minimum absolute atomic E-state index is 0.180. The number of piperidine rings is 1. The van der Waals surface area contributed by atoms with Gasteiger partial charge in [-0.15, -0.1) is 0 Å². The number of anilines is 1. The van der Waals surface area contributed by atoms with Crippen molar-refractivity contribution in [1.29, 1.82) is 0 Å². The van der Waals surface area contributed by atoms with E-state index in [9.17, 15) is 4.79 Å². The summed E-state index contributed by atoms with van der Waals surface area (Å²) < 4.78 is 0. The van der Waals surface area contributed by atoms with Gasteiger partial charge < -0.3 is 15.5 Å². The fraction of sp³-hybridized carbons (Fsp3) is 0.588. The standard InChI is InChI=1S/C17H25N3O/c1-3-18-12(2)13-6-8-14(9-7-13)20-10-4-5-15-16(20)11-19-17(15)21/h6-9,12,15-16,18H,3-5,10-11H2,1-2H3,(H,19,21). The van der Waals surface area contributed by atoms with Crippen LogP contribution in [0.1, 0.15) is 38.3 Å². The summed E-state index contributed by atoms with van der Waals surface area (Å²) in [6.07, 6.45) is 2.13. The normalized spacial score (nSPS) is 26.4. The maximum atomic E-state index is 11.9. The Labute approximate surface area is 126 Å². The van der Waals surface area contributed by atoms with Crippen LogP contribution in [0, 0.1) is 5.92 Å². The van der Waals surface area contributed by atoms with Gasteiger partial charge in [-0.2, -0.15) is 0 Å². The predicted molar refractivity (Wildman–Crippen MR) is 85.4 cm³/mol. The summed E-state index contributed by atoms with van der Waals surface area (Å²) in [5, 5.41) is 6.45. The minimum Gasteiger partial charge on any atom is -0.366 e. The number of benzene rings is 1. The van der Waals surface area contributed by atoms with E-state index in [1.807, 2.05) is 0 Å². The molecule has 2 aliphatic rings. The molecule has 21 heavy (non-hydrogen) atoms. The smallest absolute Gasteiger partial charge is 0.225 e. The van der Waals surface area contributed by atoms with Gasteiger partial charge in [0.05, 0.1) is 12.0 Å². The zero-order valence-electron chi connectivity index (χ0n) is 12.9. The first kappa shape index (κ1) is 14.4. The molecule has 2 aliphatic heterocycles. The summed E-state index contributed by atoms with van der Waals surface area (Å²) in [5.41, 5.74) is 2.56. The quantitative estimate of drug-likeness (QED) is 0.891. The lowest BCUT2D eigenvalue weighted by molar-refractivity contribution is -0.122. The lowest BCUT2D eigenvalue weighted by Crippen LogP contribution is -2.45. The van der Waals surface area contributed by atoms with Gasteiger partial charge in [0, 0.05) is 24.8 Å². The number of nitrogens with zero attached hydrogens (tertiary/aromatic N) is 1. The first-order valence-corrected chi connectivity index (χ1v) is 8.08. The molecule has 3 atom stereocenters. The number of fused-ring (bicyclic) bond motifs is 1. The van der Waals surface area contributed by atoms with E-state index in [1.165, 1.54) is 11.3 Å². The van der Waals surface area contributed by atoms with Crippen LogP contribution in [0.4, 0.5) is 5.69 Å². The average Bonchev–Trinajstić information content (AvgIpc) is 2.89. The van der Waals surface area contributed by atoms with E-state index in [0.29, 0.717) is 12.1 Å². The van der Waals surface area contributed by atoms with Crippen LogP contribution < -0.4 is 15.5 Å². The Morgan fingerprint density at radius 2 is 2.14 bits per heavy atom. The van der Waals surface area contributed by atoms with Crippen molar-refractivity contribution in [2.45, 2.75) is 38.8 Å². The molecule has 2 heterocycles. The molecule has 4 heteroatoms. The molecule has 2 saturated heterocycles. The van der Waals surface area contributed by atoms with E-state index in [0.717, 1.165) is 32.5 Å². The molecule has 0 aromatic heterocycles. The number of hydrogen-bond donors (Lipinski definition) is 2. The van der Waals surface area contributed by atoms with Gasteiger partial charge in [-0.3, -0.25) is 4.79 Å². The monoisotopic (exact) mass is 287 g/mol. The second-order valence-electron chi connectivity index (χ2n) is 6.13. The molecule has 0 radical (unpaired) electrons. The Hall–Kier alpha value is -1.55. The van der Waals surface area contributed by atoms with Gasteiger partial charge in [0.1, 0.15) is 0 Å². The van der Waals surface area contributed by atoms with Crippen molar-refractivity contribution in [3.05, 3.63) is 29.8 Å². The number of carbonyl (C=O) groups excluding carboxylic acids is 1. The number of rotatable bonds is 4. The summed E-state index contributed by atoms with van der Waals surface area (Å²) in [5.74, 6) is 0.418. The number of hydrogen-bond acceptors (Lipinski definition) is 3. The maximum Gasteiger partial charge on any atom is 0.225 e. The van der Waals surface area contributed by atoms with Crippen molar-refractivity contribution in [1.82, 2.24) is 10.6 Å². The van der Waals surface area contributed by atoms with E-state index in [2.05, 4.69) is 53.6 Å². The number of nitrogens with one attached hydrogen (secondary N) is 2. The zero-order valence-corrected chi connectivity index (χ0v) is 12.9. The minimum atomic E-state index is 0.180. The summed E-state index contributed by atoms with van der Waals surface area (Å²) in [6.45, 7) is 7.14. The fourth-order valence-electron chi connectivity index (χ4n) is 3.65. The second kappa shape index (κ2) is 6.06. The Balaban J connectivity index is 1.76. The molecule has 2 N–H and O–H groups in total. The summed E-state index contributed by atoms with van der Waals surface area (Å²) >= 11 is 0. The molecular formula is C17H25N3O. The highest BCUT2D eigenvalue weighted by Gasteiger charge is 2.40. The lowest BCUT2D eigenvalue weighted by Gasteiger charge is -2.37. The van der Waals surface area contributed by atoms with Gasteiger partial charge in [0.2, 0.25) is 5.91 Å². The summed E-state index contributed by atoms with van der Waals surface area (Å²) in [7, 11) is 0. The Morgan fingerprint density at radius 3 is 2.86 bits per heavy atom. The molecule has 3 rings (SSSR count). The van der Waals surface area contributed by atoms with Crippen LogP contribution in [0.5, 0.6) is 0 Å². The molecular weight excluding hydrogens is 262 g/mol. The van der Waals surface area contributed by atoms with Crippen molar-refractivity contribution in [3.8, 4) is 0 Å². The van der Waals surface area contributed by atoms with Crippen LogP contribution in [0.15, 0.2) is 24.3 Å². The molecule has 114 valence electrons. The van der Waals surface area contributed by atoms with E-state index in [1.54, 1.807) is 0 Å². The van der Waals surface area contributed by atoms with Crippen LogP contribution in [0.25, 0.3) is 0 Å². The topological polar surface area (TPSA) is 44.4 Å². The van der Waals surface area contributed by atoms with Crippen molar-refractivity contribution in [3.63, 3.8) is 0 Å². The van der Waals surface area contributed by atoms with Gasteiger partial charge in [0.15, 0.2) is 0 Å². The summed E-state index contributed by atoms with van der Waals surface area (Å²) in [6, 6.07) is 9.53. The van der Waals surface area contributed by atoms with Crippen LogP contribution in [0.2, 0.25) is 0 Å². The number of carbonyl (C=O) groups is 1. The van der Waals surface area contributed by atoms with Gasteiger partial charge in [-0.1, -0.05) is 19.1 Å². The SMILES string of the molecule is CCNC(C)c1ccc(N2CCCC3C(=O)NCC32)cc1. The number of amides is 1. The first-order valence-electron chi connectivity index (χ1n) is 8.08. The molecule has 4 nitrogen and oxygen atoms in total. The van der Waals surface area contributed by atoms with Crippen molar-refractivity contribution < 1.29 is 4.79 Å². The third kappa shape index (κ3) is 2.77. The molecule has 0 saturated carbocycles. The first-order chi connectivity index (χ1) is 10.2. The largest absolute Gasteiger partial charge is 0.366 e.